The summed E-state index contributed by atoms with van der Waals surface area (Å²) in [5.74, 6) is 13.5. The molecule has 3 nitrogen and oxygen atoms in total. The van der Waals surface area contributed by atoms with Crippen molar-refractivity contribution in [3.05, 3.63) is 0 Å². The highest BCUT2D eigenvalue weighted by Crippen LogP contribution is 2.59. The van der Waals surface area contributed by atoms with Crippen molar-refractivity contribution in [3.8, 4) is 0 Å². The molecule has 50 heavy (non-hydrogen) atoms. The molecule has 0 radical (unpaired) electrons. The summed E-state index contributed by atoms with van der Waals surface area (Å²) in [7, 11) is 4.31. The average Bonchev–Trinajstić information content (AvgIpc) is 3.89. The quantitative estimate of drug-likeness (QED) is 0.0638. The van der Waals surface area contributed by atoms with E-state index in [-0.39, 0.29) is 6.10 Å². The van der Waals surface area contributed by atoms with E-state index in [1.54, 1.807) is 64.2 Å². The van der Waals surface area contributed by atoms with Gasteiger partial charge in [0.25, 0.3) is 0 Å². The Kier molecular flexibility index (Phi) is 16.2. The predicted molar refractivity (Wildman–Crippen MR) is 212 cm³/mol. The second kappa shape index (κ2) is 20.5. The number of unbranched alkanes of at least 4 members (excludes halogenated alkanes) is 10. The van der Waals surface area contributed by atoms with Crippen LogP contribution in [0.3, 0.4) is 0 Å². The molecule has 0 aromatic carbocycles. The van der Waals surface area contributed by atoms with Crippen LogP contribution in [-0.4, -0.2) is 51.5 Å². The van der Waals surface area contributed by atoms with Crippen LogP contribution in [0.15, 0.2) is 0 Å². The molecule has 6 fully saturated rings. The first kappa shape index (κ1) is 39.6. The molecule has 0 aliphatic heterocycles. The predicted octanol–water partition coefficient (Wildman–Crippen LogP) is 12.6. The maximum Gasteiger partial charge on any atom is 0.0934 e. The average molecular weight is 696 g/mol. The number of nitrogens with zero attached hydrogens (tertiary/aromatic N) is 1. The highest BCUT2D eigenvalue weighted by Gasteiger charge is 2.49. The summed E-state index contributed by atoms with van der Waals surface area (Å²) in [6.07, 6.45) is 38.5. The van der Waals surface area contributed by atoms with Crippen molar-refractivity contribution in [3.63, 3.8) is 0 Å². The van der Waals surface area contributed by atoms with E-state index in [0.29, 0.717) is 0 Å². The first-order chi connectivity index (χ1) is 24.5. The van der Waals surface area contributed by atoms with E-state index < -0.39 is 0 Å². The van der Waals surface area contributed by atoms with Gasteiger partial charge in [0, 0.05) is 19.8 Å². The lowest BCUT2D eigenvalue weighted by atomic mass is 10.0. The van der Waals surface area contributed by atoms with Gasteiger partial charge in [-0.05, 0) is 162 Å². The molecule has 13 unspecified atom stereocenters. The van der Waals surface area contributed by atoms with Crippen molar-refractivity contribution in [1.29, 1.82) is 0 Å². The van der Waals surface area contributed by atoms with Gasteiger partial charge in [-0.25, -0.2) is 0 Å². The Bertz CT molecular complexity index is 936. The van der Waals surface area contributed by atoms with Crippen LogP contribution in [0.2, 0.25) is 0 Å². The van der Waals surface area contributed by atoms with Gasteiger partial charge in [0.05, 0.1) is 12.7 Å². The molecule has 3 heteroatoms. The van der Waals surface area contributed by atoms with Crippen LogP contribution in [0.5, 0.6) is 0 Å². The van der Waals surface area contributed by atoms with Gasteiger partial charge < -0.3 is 14.4 Å². The van der Waals surface area contributed by atoms with E-state index in [0.717, 1.165) is 97.4 Å². The smallest absolute Gasteiger partial charge is 0.0934 e. The fourth-order valence-electron chi connectivity index (χ4n) is 11.0. The highest BCUT2D eigenvalue weighted by atomic mass is 16.5. The van der Waals surface area contributed by atoms with Gasteiger partial charge in [0.1, 0.15) is 0 Å². The van der Waals surface area contributed by atoms with Gasteiger partial charge >= 0.3 is 0 Å². The highest BCUT2D eigenvalue weighted by molar-refractivity contribution is 4.99. The van der Waals surface area contributed by atoms with Crippen LogP contribution in [-0.2, 0) is 9.47 Å². The molecule has 0 N–H and O–H groups in total. The zero-order valence-electron chi connectivity index (χ0n) is 34.0. The lowest BCUT2D eigenvalue weighted by Gasteiger charge is -2.21. The Balaban J connectivity index is 0.658. The second-order valence-electron chi connectivity index (χ2n) is 19.9. The molecule has 0 aromatic rings. The van der Waals surface area contributed by atoms with E-state index in [1.807, 2.05) is 0 Å². The van der Waals surface area contributed by atoms with Crippen LogP contribution in [0, 0.1) is 71.0 Å². The minimum atomic E-state index is 0.216. The Morgan fingerprint density at radius 1 is 0.440 bits per heavy atom. The molecular formula is C47H85NO2. The molecule has 13 atom stereocenters. The molecule has 290 valence electrons. The van der Waals surface area contributed by atoms with E-state index in [9.17, 15) is 0 Å². The molecule has 0 saturated heterocycles. The second-order valence-corrected chi connectivity index (χ2v) is 19.9. The lowest BCUT2D eigenvalue weighted by Crippen LogP contribution is -2.32. The molecule has 6 saturated carbocycles. The minimum absolute atomic E-state index is 0.216. The number of hydrogen-bond acceptors (Lipinski definition) is 3. The maximum absolute atomic E-state index is 6.30. The molecule has 0 aromatic heterocycles. The van der Waals surface area contributed by atoms with Crippen LogP contribution in [0.25, 0.3) is 0 Å². The maximum atomic E-state index is 6.30. The van der Waals surface area contributed by atoms with E-state index >= 15 is 0 Å². The molecule has 6 aliphatic carbocycles. The molecular weight excluding hydrogens is 611 g/mol. The number of ether oxygens (including phenoxy) is 2. The SMILES string of the molecule is CCC1CC1CC1CC1CC1CC1CCCCCCCCOCC(CN(C)C)OCCCCCCCCC1CC1CC1CC1CC1CC1CC. The summed E-state index contributed by atoms with van der Waals surface area (Å²) in [5.41, 5.74) is 0. The largest absolute Gasteiger partial charge is 0.379 e. The molecule has 0 bridgehead atoms. The van der Waals surface area contributed by atoms with Gasteiger partial charge in [0.15, 0.2) is 0 Å². The fourth-order valence-corrected chi connectivity index (χ4v) is 11.0. The Morgan fingerprint density at radius 2 is 0.800 bits per heavy atom. The third kappa shape index (κ3) is 14.6. The van der Waals surface area contributed by atoms with Crippen molar-refractivity contribution in [1.82, 2.24) is 4.90 Å². The Hall–Kier alpha value is -0.120. The van der Waals surface area contributed by atoms with Crippen molar-refractivity contribution in [2.75, 3.05) is 40.5 Å². The van der Waals surface area contributed by atoms with Gasteiger partial charge in [-0.3, -0.25) is 0 Å². The van der Waals surface area contributed by atoms with E-state index in [2.05, 4.69) is 32.8 Å². The van der Waals surface area contributed by atoms with Crippen LogP contribution < -0.4 is 0 Å². The van der Waals surface area contributed by atoms with Crippen molar-refractivity contribution in [2.24, 2.45) is 71.0 Å². The van der Waals surface area contributed by atoms with Crippen molar-refractivity contribution in [2.45, 2.75) is 187 Å². The lowest BCUT2D eigenvalue weighted by molar-refractivity contribution is -0.0287. The third-order valence-electron chi connectivity index (χ3n) is 15.2. The summed E-state index contributed by atoms with van der Waals surface area (Å²) in [4.78, 5) is 2.25. The summed E-state index contributed by atoms with van der Waals surface area (Å²) in [6, 6.07) is 0. The topological polar surface area (TPSA) is 21.7 Å². The first-order valence-corrected chi connectivity index (χ1v) is 23.3. The molecule has 0 amide bonds. The standard InChI is InChI=1S/C47H85NO2/c1-5-35-23-39(35)27-43-31-45(43)29-41-25-37(41)19-15-11-7-9-13-17-21-49-34-47(33-48(3)4)50-22-18-14-10-8-12-16-20-38-26-42(38)30-46-32-44(46)28-40-24-36(40)6-2/h35-47H,5-34H2,1-4H3. The van der Waals surface area contributed by atoms with Gasteiger partial charge in [-0.1, -0.05) is 104 Å². The summed E-state index contributed by atoms with van der Waals surface area (Å²) < 4.78 is 12.4. The molecule has 6 rings (SSSR count). The number of likely N-dealkylation sites (N-methyl/N-ethyl adjacent to an activating group) is 1. The zero-order chi connectivity index (χ0) is 34.7. The first-order valence-electron chi connectivity index (χ1n) is 23.3. The Morgan fingerprint density at radius 3 is 1.24 bits per heavy atom. The molecule has 6 aliphatic rings. The van der Waals surface area contributed by atoms with Crippen LogP contribution >= 0.6 is 0 Å². The normalized spacial score (nSPS) is 36.9. The van der Waals surface area contributed by atoms with Crippen LogP contribution in [0.4, 0.5) is 0 Å². The Labute approximate surface area is 311 Å². The summed E-state index contributed by atoms with van der Waals surface area (Å²) in [6.45, 7) is 8.31. The van der Waals surface area contributed by atoms with Gasteiger partial charge in [-0.15, -0.1) is 0 Å². The molecule has 0 heterocycles. The fraction of sp³-hybridized carbons (Fsp3) is 1.00. The van der Waals surface area contributed by atoms with Crippen molar-refractivity contribution < 1.29 is 9.47 Å². The van der Waals surface area contributed by atoms with Crippen LogP contribution in [0.1, 0.15) is 181 Å². The number of hydrogen-bond donors (Lipinski definition) is 0. The van der Waals surface area contributed by atoms with Gasteiger partial charge in [-0.2, -0.15) is 0 Å². The summed E-state index contributed by atoms with van der Waals surface area (Å²) in [5, 5.41) is 0. The summed E-state index contributed by atoms with van der Waals surface area (Å²) >= 11 is 0. The minimum Gasteiger partial charge on any atom is -0.379 e. The monoisotopic (exact) mass is 696 g/mol. The molecule has 0 spiro atoms. The third-order valence-corrected chi connectivity index (χ3v) is 15.2. The van der Waals surface area contributed by atoms with Gasteiger partial charge in [0.2, 0.25) is 0 Å². The number of rotatable bonds is 33. The van der Waals surface area contributed by atoms with Crippen molar-refractivity contribution >= 4 is 0 Å². The zero-order valence-corrected chi connectivity index (χ0v) is 34.0. The van der Waals surface area contributed by atoms with E-state index in [4.69, 9.17) is 9.47 Å². The van der Waals surface area contributed by atoms with E-state index in [1.165, 1.54) is 103 Å².